The summed E-state index contributed by atoms with van der Waals surface area (Å²) in [5.74, 6) is 0.674. The van der Waals surface area contributed by atoms with Crippen molar-refractivity contribution in [3.05, 3.63) is 176 Å². The molecule has 0 saturated heterocycles. The Morgan fingerprint density at radius 1 is 0.347 bits per heavy atom. The largest absolute Gasteiger partial charge is 0.456 e. The Balaban J connectivity index is 1.29. The van der Waals surface area contributed by atoms with Crippen molar-refractivity contribution in [2.75, 3.05) is 0 Å². The summed E-state index contributed by atoms with van der Waals surface area (Å²) in [5, 5.41) is 2.20. The van der Waals surface area contributed by atoms with Crippen molar-refractivity contribution in [1.29, 1.82) is 0 Å². The smallest absolute Gasteiger partial charge is 0.160 e. The summed E-state index contributed by atoms with van der Waals surface area (Å²) in [7, 11) is 0. The van der Waals surface area contributed by atoms with Crippen LogP contribution in [-0.2, 0) is 0 Å². The van der Waals surface area contributed by atoms with E-state index in [0.29, 0.717) is 5.82 Å². The van der Waals surface area contributed by atoms with Gasteiger partial charge in [-0.05, 0) is 88.0 Å². The molecule has 0 aliphatic carbocycles. The van der Waals surface area contributed by atoms with Crippen molar-refractivity contribution < 1.29 is 4.42 Å². The fourth-order valence-electron chi connectivity index (χ4n) is 6.59. The molecule has 0 amide bonds. The Labute approximate surface area is 284 Å². The van der Waals surface area contributed by atoms with Gasteiger partial charge in [-0.2, -0.15) is 0 Å². The fourth-order valence-corrected chi connectivity index (χ4v) is 6.59. The van der Waals surface area contributed by atoms with Crippen molar-refractivity contribution in [1.82, 2.24) is 15.0 Å². The number of rotatable bonds is 6. The molecule has 0 bridgehead atoms. The highest BCUT2D eigenvalue weighted by molar-refractivity contribution is 6.06. The second-order valence-electron chi connectivity index (χ2n) is 12.1. The number of pyridine rings is 1. The van der Waals surface area contributed by atoms with Crippen LogP contribution in [-0.4, -0.2) is 15.0 Å². The number of fused-ring (bicyclic) bond motifs is 3. The highest BCUT2D eigenvalue weighted by Gasteiger charge is 2.16. The van der Waals surface area contributed by atoms with Crippen LogP contribution in [0.1, 0.15) is 0 Å². The number of nitrogens with zero attached hydrogens (tertiary/aromatic N) is 3. The summed E-state index contributed by atoms with van der Waals surface area (Å²) >= 11 is 0. The van der Waals surface area contributed by atoms with Crippen LogP contribution >= 0.6 is 0 Å². The highest BCUT2D eigenvalue weighted by atomic mass is 16.3. The van der Waals surface area contributed by atoms with Gasteiger partial charge in [0.15, 0.2) is 5.82 Å². The molecule has 4 heteroatoms. The van der Waals surface area contributed by atoms with E-state index in [9.17, 15) is 0 Å². The second kappa shape index (κ2) is 12.2. The first kappa shape index (κ1) is 28.6. The first-order chi connectivity index (χ1) is 24.3. The number of hydrogen-bond acceptors (Lipinski definition) is 4. The van der Waals surface area contributed by atoms with Gasteiger partial charge in [0.25, 0.3) is 0 Å². The monoisotopic (exact) mass is 627 g/mol. The molecule has 230 valence electrons. The van der Waals surface area contributed by atoms with Gasteiger partial charge in [0, 0.05) is 39.9 Å². The predicted molar refractivity (Wildman–Crippen MR) is 200 cm³/mol. The average Bonchev–Trinajstić information content (AvgIpc) is 3.57. The van der Waals surface area contributed by atoms with Crippen LogP contribution in [0.3, 0.4) is 0 Å². The molecule has 3 aromatic heterocycles. The quantitative estimate of drug-likeness (QED) is 0.184. The predicted octanol–water partition coefficient (Wildman–Crippen LogP) is 11.8. The minimum Gasteiger partial charge on any atom is -0.456 e. The summed E-state index contributed by atoms with van der Waals surface area (Å²) in [6.07, 6.45) is 3.60. The van der Waals surface area contributed by atoms with Gasteiger partial charge in [-0.1, -0.05) is 109 Å². The van der Waals surface area contributed by atoms with E-state index in [-0.39, 0.29) is 0 Å². The lowest BCUT2D eigenvalue weighted by atomic mass is 9.90. The van der Waals surface area contributed by atoms with Crippen LogP contribution in [0.25, 0.3) is 89.2 Å². The molecule has 4 nitrogen and oxygen atoms in total. The van der Waals surface area contributed by atoms with Crippen LogP contribution in [0.4, 0.5) is 0 Å². The number of furan rings is 1. The molecule has 0 saturated carbocycles. The zero-order chi connectivity index (χ0) is 32.6. The van der Waals surface area contributed by atoms with Crippen LogP contribution in [0, 0.1) is 0 Å². The van der Waals surface area contributed by atoms with Crippen LogP contribution in [0.2, 0.25) is 0 Å². The van der Waals surface area contributed by atoms with Crippen LogP contribution in [0.15, 0.2) is 181 Å². The van der Waals surface area contributed by atoms with Gasteiger partial charge < -0.3 is 4.42 Å². The molecular weight excluding hydrogens is 599 g/mol. The van der Waals surface area contributed by atoms with E-state index >= 15 is 0 Å². The molecule has 0 aliphatic heterocycles. The lowest BCUT2D eigenvalue weighted by Gasteiger charge is -2.15. The van der Waals surface area contributed by atoms with E-state index < -0.39 is 0 Å². The molecule has 0 fully saturated rings. The molecule has 0 atom stereocenters. The van der Waals surface area contributed by atoms with Gasteiger partial charge in [-0.3, -0.25) is 4.98 Å². The second-order valence-corrected chi connectivity index (χ2v) is 12.1. The van der Waals surface area contributed by atoms with Crippen molar-refractivity contribution >= 4 is 21.9 Å². The Kier molecular flexibility index (Phi) is 7.10. The number of hydrogen-bond donors (Lipinski definition) is 0. The first-order valence-corrected chi connectivity index (χ1v) is 16.3. The number of benzene rings is 6. The van der Waals surface area contributed by atoms with Crippen molar-refractivity contribution in [2.24, 2.45) is 0 Å². The van der Waals surface area contributed by atoms with E-state index in [1.165, 1.54) is 11.1 Å². The maximum Gasteiger partial charge on any atom is 0.160 e. The molecule has 0 spiro atoms. The summed E-state index contributed by atoms with van der Waals surface area (Å²) in [4.78, 5) is 14.5. The number of para-hydroxylation sites is 1. The lowest BCUT2D eigenvalue weighted by molar-refractivity contribution is 0.669. The molecule has 0 N–H and O–H groups in total. The maximum atomic E-state index is 6.18. The van der Waals surface area contributed by atoms with Gasteiger partial charge in [-0.15, -0.1) is 0 Å². The highest BCUT2D eigenvalue weighted by Crippen LogP contribution is 2.39. The van der Waals surface area contributed by atoms with Gasteiger partial charge in [0.05, 0.1) is 11.4 Å². The molecule has 0 aliphatic rings. The Morgan fingerprint density at radius 2 is 0.939 bits per heavy atom. The Hall–Kier alpha value is -6.65. The molecule has 0 unspecified atom stereocenters. The van der Waals surface area contributed by atoms with Gasteiger partial charge >= 0.3 is 0 Å². The van der Waals surface area contributed by atoms with E-state index in [1.807, 2.05) is 42.5 Å². The van der Waals surface area contributed by atoms with Crippen LogP contribution in [0.5, 0.6) is 0 Å². The topological polar surface area (TPSA) is 51.8 Å². The maximum absolute atomic E-state index is 6.18. The van der Waals surface area contributed by atoms with Gasteiger partial charge in [0.1, 0.15) is 11.2 Å². The minimum atomic E-state index is 0.674. The summed E-state index contributed by atoms with van der Waals surface area (Å²) < 4.78 is 6.18. The molecule has 9 aromatic rings. The zero-order valence-electron chi connectivity index (χ0n) is 26.5. The van der Waals surface area contributed by atoms with Crippen LogP contribution < -0.4 is 0 Å². The summed E-state index contributed by atoms with van der Waals surface area (Å²) in [5.41, 5.74) is 13.2. The molecule has 3 heterocycles. The first-order valence-electron chi connectivity index (χ1n) is 16.3. The molecule has 9 rings (SSSR count). The third kappa shape index (κ3) is 5.45. The van der Waals surface area contributed by atoms with E-state index in [4.69, 9.17) is 14.4 Å². The van der Waals surface area contributed by atoms with Crippen molar-refractivity contribution in [2.45, 2.75) is 0 Å². The minimum absolute atomic E-state index is 0.674. The average molecular weight is 628 g/mol. The normalized spacial score (nSPS) is 11.3. The third-order valence-electron chi connectivity index (χ3n) is 9.00. The Bertz CT molecular complexity index is 2540. The molecule has 0 radical (unpaired) electrons. The van der Waals surface area contributed by atoms with Gasteiger partial charge in [-0.25, -0.2) is 9.97 Å². The summed E-state index contributed by atoms with van der Waals surface area (Å²) in [6.45, 7) is 0. The third-order valence-corrected chi connectivity index (χ3v) is 9.00. The van der Waals surface area contributed by atoms with Crippen molar-refractivity contribution in [3.8, 4) is 67.3 Å². The molecule has 6 aromatic carbocycles. The lowest BCUT2D eigenvalue weighted by Crippen LogP contribution is -1.97. The van der Waals surface area contributed by atoms with Gasteiger partial charge in [0.2, 0.25) is 0 Å². The summed E-state index contributed by atoms with van der Waals surface area (Å²) in [6, 6.07) is 56.9. The molecular formula is C45H29N3O. The molecule has 49 heavy (non-hydrogen) atoms. The SMILES string of the molecule is c1ccc(-c2nc(-c3ccncc3)cc(-c3cc(-c4ccc5oc6ccccc6c5c4)cc(-c4ccccc4-c4ccccc4)c3)n2)cc1. The zero-order valence-corrected chi connectivity index (χ0v) is 26.5. The van der Waals surface area contributed by atoms with E-state index in [1.54, 1.807) is 12.4 Å². The number of aromatic nitrogens is 3. The Morgan fingerprint density at radius 3 is 1.71 bits per heavy atom. The van der Waals surface area contributed by atoms with E-state index in [0.717, 1.165) is 72.3 Å². The van der Waals surface area contributed by atoms with Crippen molar-refractivity contribution in [3.63, 3.8) is 0 Å². The standard InChI is InChI=1S/C45H29N3O/c1-3-11-30(12-4-1)37-15-7-8-16-38(37)35-25-34(33-19-20-44-40(28-33)39-17-9-10-18-43(39)49-44)26-36(27-35)42-29-41(31-21-23-46-24-22-31)47-45(48-42)32-13-5-2-6-14-32/h1-29H. The fraction of sp³-hybridized carbons (Fsp3) is 0. The van der Waals surface area contributed by atoms with E-state index in [2.05, 4.69) is 126 Å².